The summed E-state index contributed by atoms with van der Waals surface area (Å²) in [5, 5.41) is 86.0. The number of nitrogens with two attached hydrogens (primary N) is 1. The number of amides is 10. The molecule has 0 bridgehead atoms. The fourth-order valence-electron chi connectivity index (χ4n) is 10.5. The maximum atomic E-state index is 14.7. The van der Waals surface area contributed by atoms with Gasteiger partial charge in [0, 0.05) is 63.7 Å². The monoisotopic (exact) mass is 1340 g/mol. The number of carbonyl (C=O) groups is 16. The molecule has 17 N–H and O–H groups in total. The van der Waals surface area contributed by atoms with E-state index in [4.69, 9.17) is 15.9 Å². The Morgan fingerprint density at radius 3 is 1.33 bits per heavy atom. The van der Waals surface area contributed by atoms with Gasteiger partial charge >= 0.3 is 35.8 Å². The van der Waals surface area contributed by atoms with Crippen molar-refractivity contribution in [3.63, 3.8) is 0 Å². The molecule has 2 heterocycles. The van der Waals surface area contributed by atoms with Gasteiger partial charge in [-0.15, -0.1) is 0 Å². The normalized spacial score (nSPS) is 17.0. The molecule has 2 fully saturated rings. The number of carboxylic acid groups (broad SMARTS) is 6. The minimum atomic E-state index is -1.80. The van der Waals surface area contributed by atoms with Crippen molar-refractivity contribution in [2.45, 2.75) is 190 Å². The first-order chi connectivity index (χ1) is 44.8. The largest absolute Gasteiger partial charge is 0.508 e. The van der Waals surface area contributed by atoms with Crippen LogP contribution in [0.3, 0.4) is 0 Å². The summed E-state index contributed by atoms with van der Waals surface area (Å²) in [6, 6.07) is -3.99. The van der Waals surface area contributed by atoms with Gasteiger partial charge in [0.05, 0.1) is 6.42 Å². The van der Waals surface area contributed by atoms with Crippen molar-refractivity contribution < 1.29 is 112 Å². The van der Waals surface area contributed by atoms with E-state index in [2.05, 4.69) is 42.5 Å². The van der Waals surface area contributed by atoms with Gasteiger partial charge < -0.3 is 93.8 Å². The number of hydrogen-bond donors (Lipinski definition) is 16. The number of nitrogen functional groups attached to an aromatic ring is 1. The van der Waals surface area contributed by atoms with Crippen molar-refractivity contribution >= 4 is 101 Å². The number of carbonyl (C=O) groups excluding carboxylic acids is 10. The molecule has 0 radical (unpaired) electrons. The first-order valence-corrected chi connectivity index (χ1v) is 30.8. The number of nitrogens with zero attached hydrogens (tertiary/aromatic N) is 2. The number of phenolic OH excluding ortho intramolecular Hbond substituents is 1. The number of aromatic hydroxyl groups is 1. The zero-order valence-corrected chi connectivity index (χ0v) is 52.5. The van der Waals surface area contributed by atoms with Crippen molar-refractivity contribution in [1.82, 2.24) is 52.3 Å². The van der Waals surface area contributed by atoms with Gasteiger partial charge in [-0.05, 0) is 99.6 Å². The maximum Gasteiger partial charge on any atom is 0.326 e. The van der Waals surface area contributed by atoms with Crippen LogP contribution in [0.2, 0.25) is 0 Å². The molecule has 0 saturated carbocycles. The zero-order valence-electron chi connectivity index (χ0n) is 52.5. The summed E-state index contributed by atoms with van der Waals surface area (Å²) in [6.45, 7) is 4.34. The Labute approximate surface area is 544 Å². The van der Waals surface area contributed by atoms with Gasteiger partial charge in [0.25, 0.3) is 0 Å². The molecule has 0 spiro atoms. The molecule has 0 unspecified atom stereocenters. The predicted octanol–water partition coefficient (Wildman–Crippen LogP) is -1.91. The average Bonchev–Trinajstić information content (AvgIpc) is 1.74. The lowest BCUT2D eigenvalue weighted by atomic mass is 9.96. The van der Waals surface area contributed by atoms with Gasteiger partial charge in [0.1, 0.15) is 66.2 Å². The molecule has 11 atom stereocenters. The summed E-state index contributed by atoms with van der Waals surface area (Å²) < 4.78 is 0. The molecular weight excluding hydrogens is 1250 g/mol. The second-order valence-corrected chi connectivity index (χ2v) is 23.2. The van der Waals surface area contributed by atoms with E-state index in [1.54, 1.807) is 13.8 Å². The molecular formula is C61H83N11O23. The van der Waals surface area contributed by atoms with Crippen LogP contribution in [0.1, 0.15) is 128 Å². The maximum absolute atomic E-state index is 14.7. The molecule has 34 nitrogen and oxygen atoms in total. The second-order valence-electron chi connectivity index (χ2n) is 23.2. The van der Waals surface area contributed by atoms with E-state index in [9.17, 15) is 102 Å². The summed E-state index contributed by atoms with van der Waals surface area (Å²) in [7, 11) is 0. The lowest BCUT2D eigenvalue weighted by Gasteiger charge is -2.34. The van der Waals surface area contributed by atoms with E-state index >= 15 is 0 Å². The van der Waals surface area contributed by atoms with Crippen molar-refractivity contribution in [3.8, 4) is 5.75 Å². The van der Waals surface area contributed by atoms with E-state index in [0.29, 0.717) is 16.8 Å². The lowest BCUT2D eigenvalue weighted by molar-refractivity contribution is -0.146. The van der Waals surface area contributed by atoms with Gasteiger partial charge in [-0.25, -0.2) is 4.79 Å². The Morgan fingerprint density at radius 2 is 0.842 bits per heavy atom. The van der Waals surface area contributed by atoms with E-state index in [-0.39, 0.29) is 63.8 Å². The SMILES string of the molecule is CC[C@H](C)[C@H](NC(=O)[C@@H]1CCCN1C(=O)[C@H](CCC(=O)O)NC(=O)[C@H](Cc1ccc(O)cc1)NC(=O)CCC(=O)O)C(=O)N1CCC[C@H]1C(=O)N[C@@H](CCC(=O)O)C(=O)N[C@@H](CCC(=O)O)C(=O)N[C@@H](C)C(=O)N[C@@H](Cc1ccc(N)cc1)C(=O)N[C@@H](CCC(=O)O)C(=O)O. The number of benzene rings is 2. The average molecular weight is 1340 g/mol. The predicted molar refractivity (Wildman–Crippen MR) is 328 cm³/mol. The van der Waals surface area contributed by atoms with Gasteiger partial charge in [0.2, 0.25) is 59.1 Å². The van der Waals surface area contributed by atoms with Crippen molar-refractivity contribution in [2.24, 2.45) is 5.92 Å². The minimum Gasteiger partial charge on any atom is -0.508 e. The van der Waals surface area contributed by atoms with E-state index < -0.39 is 225 Å². The first kappa shape index (κ1) is 77.0. The summed E-state index contributed by atoms with van der Waals surface area (Å²) in [5.41, 5.74) is 6.96. The van der Waals surface area contributed by atoms with Crippen molar-refractivity contribution in [3.05, 3.63) is 59.7 Å². The molecule has 2 saturated heterocycles. The van der Waals surface area contributed by atoms with Crippen LogP contribution < -0.4 is 48.3 Å². The topological polar surface area (TPSA) is 543 Å². The quantitative estimate of drug-likeness (QED) is 0.0325. The Balaban J connectivity index is 1.53. The van der Waals surface area contributed by atoms with Crippen molar-refractivity contribution in [1.29, 1.82) is 0 Å². The number of hydrogen-bond acceptors (Lipinski definition) is 18. The highest BCUT2D eigenvalue weighted by Gasteiger charge is 2.44. The van der Waals surface area contributed by atoms with Crippen LogP contribution in [0.15, 0.2) is 48.5 Å². The van der Waals surface area contributed by atoms with E-state index in [1.165, 1.54) is 48.5 Å². The summed E-state index contributed by atoms with van der Waals surface area (Å²) in [4.78, 5) is 212. The minimum absolute atomic E-state index is 0.0147. The number of likely N-dealkylation sites (tertiary alicyclic amines) is 2. The molecule has 2 aliphatic rings. The molecule has 2 aromatic rings. The fourth-order valence-corrected chi connectivity index (χ4v) is 10.5. The highest BCUT2D eigenvalue weighted by atomic mass is 16.4. The van der Waals surface area contributed by atoms with Crippen LogP contribution in [0.25, 0.3) is 0 Å². The number of nitrogens with one attached hydrogen (secondary N) is 8. The Kier molecular flexibility index (Phi) is 30.2. The molecule has 4 rings (SSSR count). The Bertz CT molecular complexity index is 3150. The van der Waals surface area contributed by atoms with E-state index in [1.807, 2.05) is 0 Å². The molecule has 95 heavy (non-hydrogen) atoms. The van der Waals surface area contributed by atoms with Gasteiger partial charge in [-0.2, -0.15) is 0 Å². The molecule has 2 aromatic carbocycles. The molecule has 520 valence electrons. The number of aliphatic carboxylic acids is 6. The number of rotatable bonds is 39. The molecule has 10 amide bonds. The second kappa shape index (κ2) is 37.3. The number of phenols is 1. The lowest BCUT2D eigenvalue weighted by Crippen LogP contribution is -2.61. The van der Waals surface area contributed by atoms with Crippen molar-refractivity contribution in [2.75, 3.05) is 18.8 Å². The zero-order chi connectivity index (χ0) is 70.8. The third-order valence-corrected chi connectivity index (χ3v) is 15.9. The smallest absolute Gasteiger partial charge is 0.326 e. The van der Waals surface area contributed by atoms with Gasteiger partial charge in [-0.1, -0.05) is 44.5 Å². The highest BCUT2D eigenvalue weighted by Crippen LogP contribution is 2.25. The summed E-state index contributed by atoms with van der Waals surface area (Å²) >= 11 is 0. The van der Waals surface area contributed by atoms with Crippen LogP contribution in [0.5, 0.6) is 5.75 Å². The summed E-state index contributed by atoms with van der Waals surface area (Å²) in [6.07, 6.45) is -5.96. The number of carboxylic acids is 6. The molecule has 0 aromatic heterocycles. The Morgan fingerprint density at radius 1 is 0.453 bits per heavy atom. The molecule has 2 aliphatic heterocycles. The van der Waals surface area contributed by atoms with Crippen LogP contribution in [-0.4, -0.2) is 214 Å². The number of anilines is 1. The first-order valence-electron chi connectivity index (χ1n) is 30.8. The van der Waals surface area contributed by atoms with Crippen LogP contribution in [0.4, 0.5) is 5.69 Å². The van der Waals surface area contributed by atoms with Gasteiger partial charge in [-0.3, -0.25) is 71.9 Å². The fraction of sp³-hybridized carbons (Fsp3) is 0.541. The Hall–Kier alpha value is -10.4. The third kappa shape index (κ3) is 25.2. The highest BCUT2D eigenvalue weighted by molar-refractivity contribution is 5.99. The standard InChI is InChI=1S/C61H83N11O23/c1-4-31(2)51(70-58(91)44-8-5-27-71(44)59(92)39(19-24-48(79)80)67-55(88)41(64-45(74)21-26-50(83)84)29-34-11-15-36(73)16-12-34)60(93)72-28-6-7-43(72)57(90)66-38(18-23-47(77)78)54(87)65-37(17-22-46(75)76)53(86)63-32(3)52(85)69-42(30-33-9-13-35(62)14-10-33)56(89)68-40(61(94)95)20-25-49(81)82/h9-16,31-32,37-44,51,73H,4-8,17-30,62H2,1-3H3,(H,63,86)(H,64,74)(H,65,87)(H,66,90)(H,67,88)(H,68,89)(H,69,85)(H,70,91)(H,75,76)(H,77,78)(H,79,80)(H,81,82)(H,83,84)(H,94,95)/t31-,32-,37-,38-,39-,40-,41-,42-,43-,44-,51-/m0/s1. The van der Waals surface area contributed by atoms with Gasteiger partial charge in [0.15, 0.2) is 0 Å². The van der Waals surface area contributed by atoms with Crippen LogP contribution in [-0.2, 0) is 89.6 Å². The van der Waals surface area contributed by atoms with Crippen LogP contribution in [0, 0.1) is 5.92 Å². The summed E-state index contributed by atoms with van der Waals surface area (Å²) in [5.74, 6) is -19.0. The third-order valence-electron chi connectivity index (χ3n) is 15.9. The molecule has 0 aliphatic carbocycles. The molecule has 34 heteroatoms. The van der Waals surface area contributed by atoms with E-state index in [0.717, 1.165) is 16.7 Å². The van der Waals surface area contributed by atoms with Crippen LogP contribution >= 0.6 is 0 Å².